The summed E-state index contributed by atoms with van der Waals surface area (Å²) in [6, 6.07) is 0. The van der Waals surface area contributed by atoms with Crippen molar-refractivity contribution in [2.45, 2.75) is 13.8 Å². The van der Waals surface area contributed by atoms with Crippen LogP contribution in [0, 0.1) is 6.92 Å². The summed E-state index contributed by atoms with van der Waals surface area (Å²) in [6.45, 7) is 4.09. The lowest BCUT2D eigenvalue weighted by molar-refractivity contribution is 0.0519. The van der Waals surface area contributed by atoms with Crippen molar-refractivity contribution in [1.82, 2.24) is 4.98 Å². The number of nitrogens with one attached hydrogen (secondary N) is 1. The molecule has 0 radical (unpaired) electrons. The lowest BCUT2D eigenvalue weighted by atomic mass is 10.1. The van der Waals surface area contributed by atoms with Gasteiger partial charge >= 0.3 is 5.97 Å². The first kappa shape index (κ1) is 8.85. The van der Waals surface area contributed by atoms with Gasteiger partial charge in [0.15, 0.2) is 0 Å². The number of ether oxygens (including phenoxy) is 1. The summed E-state index contributed by atoms with van der Waals surface area (Å²) in [7, 11) is 0. The van der Waals surface area contributed by atoms with E-state index in [1.165, 1.54) is 0 Å². The van der Waals surface area contributed by atoms with Crippen LogP contribution in [0.5, 0.6) is 0 Å². The second kappa shape index (κ2) is 3.20. The van der Waals surface area contributed by atoms with Crippen molar-refractivity contribution in [3.05, 3.63) is 28.2 Å². The summed E-state index contributed by atoms with van der Waals surface area (Å²) in [4.78, 5) is 14.5. The number of esters is 1. The number of hydrogen-bond acceptors (Lipinski definition) is 2. The fourth-order valence-electron chi connectivity index (χ4n) is 1.55. The first-order chi connectivity index (χ1) is 6.74. The summed E-state index contributed by atoms with van der Waals surface area (Å²) < 4.78 is 4.93. The van der Waals surface area contributed by atoms with E-state index in [0.29, 0.717) is 12.3 Å². The molecule has 3 nitrogen and oxygen atoms in total. The van der Waals surface area contributed by atoms with Crippen LogP contribution in [0.3, 0.4) is 0 Å². The van der Waals surface area contributed by atoms with Gasteiger partial charge in [-0.3, -0.25) is 0 Å². The number of fused-ring (bicyclic) bond motifs is 1. The molecule has 1 aliphatic carbocycles. The van der Waals surface area contributed by atoms with Gasteiger partial charge in [0, 0.05) is 11.6 Å². The molecule has 3 heteroatoms. The molecule has 1 heterocycles. The largest absolute Gasteiger partial charge is 0.461 e. The van der Waals surface area contributed by atoms with E-state index >= 15 is 0 Å². The van der Waals surface area contributed by atoms with Crippen molar-refractivity contribution in [2.75, 3.05) is 6.61 Å². The van der Waals surface area contributed by atoms with Crippen LogP contribution in [0.2, 0.25) is 0 Å². The van der Waals surface area contributed by atoms with E-state index < -0.39 is 0 Å². The van der Waals surface area contributed by atoms with E-state index in [1.807, 2.05) is 19.1 Å². The molecule has 72 valence electrons. The molecule has 1 N–H and O–H groups in total. The quantitative estimate of drug-likeness (QED) is 0.581. The van der Waals surface area contributed by atoms with Gasteiger partial charge in [-0.1, -0.05) is 0 Å². The van der Waals surface area contributed by atoms with Gasteiger partial charge in [0.1, 0.15) is 5.69 Å². The van der Waals surface area contributed by atoms with Crippen molar-refractivity contribution in [3.8, 4) is 0 Å². The molecule has 0 fully saturated rings. The van der Waals surface area contributed by atoms with Gasteiger partial charge in [-0.25, -0.2) is 4.79 Å². The minimum atomic E-state index is -0.291. The third kappa shape index (κ3) is 1.19. The second-order valence-corrected chi connectivity index (χ2v) is 3.13. The van der Waals surface area contributed by atoms with Crippen LogP contribution in [-0.4, -0.2) is 17.6 Å². The topological polar surface area (TPSA) is 42.1 Å². The Bertz CT molecular complexity index is 448. The van der Waals surface area contributed by atoms with Gasteiger partial charge in [0.2, 0.25) is 0 Å². The summed E-state index contributed by atoms with van der Waals surface area (Å²) in [5.41, 5.74) is 6.42. The highest BCUT2D eigenvalue weighted by Crippen LogP contribution is 2.24. The molecule has 1 aromatic rings. The van der Waals surface area contributed by atoms with E-state index in [2.05, 4.69) is 10.7 Å². The Morgan fingerprint density at radius 3 is 3.00 bits per heavy atom. The fourth-order valence-corrected chi connectivity index (χ4v) is 1.55. The Hall–Kier alpha value is -1.73. The maximum absolute atomic E-state index is 11.5. The van der Waals surface area contributed by atoms with Crippen LogP contribution >= 0.6 is 0 Å². The number of carbonyl (C=O) groups excluding carboxylic acids is 1. The van der Waals surface area contributed by atoms with Gasteiger partial charge in [0.25, 0.3) is 0 Å². The normalized spacial score (nSPS) is 11.9. The fraction of sp³-hybridized carbons (Fsp3) is 0.273. The number of hydrogen-bond donors (Lipinski definition) is 1. The molecule has 0 unspecified atom stereocenters. The minimum absolute atomic E-state index is 0.291. The molecule has 0 amide bonds. The zero-order valence-electron chi connectivity index (χ0n) is 8.18. The Morgan fingerprint density at radius 2 is 2.36 bits per heavy atom. The zero-order chi connectivity index (χ0) is 10.1. The Labute approximate surface area is 82.1 Å². The summed E-state index contributed by atoms with van der Waals surface area (Å²) in [6.07, 6.45) is 3.69. The summed E-state index contributed by atoms with van der Waals surface area (Å²) in [5, 5.41) is 0. The number of aromatic nitrogens is 1. The molecule has 0 aromatic carbocycles. The van der Waals surface area contributed by atoms with E-state index in [9.17, 15) is 4.79 Å². The van der Waals surface area contributed by atoms with Crippen LogP contribution in [-0.2, 0) is 4.74 Å². The smallest absolute Gasteiger partial charge is 0.355 e. The highest BCUT2D eigenvalue weighted by molar-refractivity contribution is 5.92. The predicted molar refractivity (Wildman–Crippen MR) is 53.9 cm³/mol. The molecule has 0 bridgehead atoms. The van der Waals surface area contributed by atoms with Gasteiger partial charge in [-0.15, -0.1) is 5.73 Å². The van der Waals surface area contributed by atoms with Crippen molar-refractivity contribution in [2.24, 2.45) is 0 Å². The molecule has 2 rings (SSSR count). The van der Waals surface area contributed by atoms with E-state index in [1.54, 1.807) is 6.92 Å². The van der Waals surface area contributed by atoms with Crippen LogP contribution in [0.15, 0.2) is 5.73 Å². The van der Waals surface area contributed by atoms with E-state index in [-0.39, 0.29) is 5.97 Å². The third-order valence-corrected chi connectivity index (χ3v) is 2.26. The van der Waals surface area contributed by atoms with Crippen LogP contribution in [0.4, 0.5) is 0 Å². The Kier molecular flexibility index (Phi) is 2.02. The molecule has 1 aliphatic rings. The zero-order valence-corrected chi connectivity index (χ0v) is 8.18. The molecular formula is C11H11NO2. The molecule has 0 spiro atoms. The molecule has 14 heavy (non-hydrogen) atoms. The Balaban J connectivity index is 2.38. The molecular weight excluding hydrogens is 178 g/mol. The Morgan fingerprint density at radius 1 is 1.57 bits per heavy atom. The highest BCUT2D eigenvalue weighted by atomic mass is 16.5. The van der Waals surface area contributed by atoms with Gasteiger partial charge in [-0.05, 0) is 25.5 Å². The molecule has 0 saturated carbocycles. The van der Waals surface area contributed by atoms with Gasteiger partial charge in [-0.2, -0.15) is 0 Å². The molecule has 1 aromatic heterocycles. The van der Waals surface area contributed by atoms with Gasteiger partial charge in [0.05, 0.1) is 12.3 Å². The van der Waals surface area contributed by atoms with Crippen molar-refractivity contribution in [3.63, 3.8) is 0 Å². The molecule has 0 aliphatic heterocycles. The number of aromatic amines is 1. The molecule has 0 atom stereocenters. The van der Waals surface area contributed by atoms with E-state index in [4.69, 9.17) is 4.74 Å². The van der Waals surface area contributed by atoms with Crippen LogP contribution < -0.4 is 0 Å². The first-order valence-electron chi connectivity index (χ1n) is 4.56. The summed E-state index contributed by atoms with van der Waals surface area (Å²) in [5.74, 6) is -0.291. The van der Waals surface area contributed by atoms with E-state index in [0.717, 1.165) is 16.8 Å². The predicted octanol–water partition coefficient (Wildman–Crippen LogP) is 2.14. The minimum Gasteiger partial charge on any atom is -0.461 e. The average molecular weight is 189 g/mol. The number of rotatable bonds is 2. The highest BCUT2D eigenvalue weighted by Gasteiger charge is 2.18. The average Bonchev–Trinajstić information content (AvgIpc) is 2.69. The van der Waals surface area contributed by atoms with Crippen LogP contribution in [0.1, 0.15) is 34.2 Å². The maximum Gasteiger partial charge on any atom is 0.355 e. The summed E-state index contributed by atoms with van der Waals surface area (Å²) >= 11 is 0. The van der Waals surface area contributed by atoms with Crippen molar-refractivity contribution >= 4 is 18.1 Å². The van der Waals surface area contributed by atoms with Crippen LogP contribution in [0.25, 0.3) is 12.2 Å². The monoisotopic (exact) mass is 189 g/mol. The van der Waals surface area contributed by atoms with Crippen molar-refractivity contribution in [1.29, 1.82) is 0 Å². The number of H-pyrrole nitrogens is 1. The molecule has 0 saturated heterocycles. The maximum atomic E-state index is 11.5. The SMILES string of the molecule is CCOC(=O)c1[nH]c2c(c1C)C=C=C2. The standard InChI is InChI=1S/C11H11NO2/c1-3-14-11(13)10-7(2)8-5-4-6-9(8)12-10/h5-6,12H,3H2,1-2H3. The number of carbonyl (C=O) groups is 1. The second-order valence-electron chi connectivity index (χ2n) is 3.13. The lowest BCUT2D eigenvalue weighted by Crippen LogP contribution is -2.06. The lowest BCUT2D eigenvalue weighted by Gasteiger charge is -1.99. The van der Waals surface area contributed by atoms with Crippen molar-refractivity contribution < 1.29 is 9.53 Å². The third-order valence-electron chi connectivity index (χ3n) is 2.26. The first-order valence-corrected chi connectivity index (χ1v) is 4.56. The van der Waals surface area contributed by atoms with Gasteiger partial charge < -0.3 is 9.72 Å².